The van der Waals surface area contributed by atoms with Crippen LogP contribution in [0.15, 0.2) is 34.9 Å². The fraction of sp³-hybridized carbons (Fsp3) is 0.353. The molecule has 0 unspecified atom stereocenters. The second-order valence-corrected chi connectivity index (χ2v) is 6.96. The van der Waals surface area contributed by atoms with E-state index in [9.17, 15) is 4.79 Å². The summed E-state index contributed by atoms with van der Waals surface area (Å²) in [5.41, 5.74) is 2.08. The van der Waals surface area contributed by atoms with Crippen molar-refractivity contribution in [3.05, 3.63) is 40.5 Å². The molecular weight excluding hydrogens is 346 g/mol. The highest BCUT2D eigenvalue weighted by molar-refractivity contribution is 9.10. The molecule has 0 fully saturated rings. The molecule has 0 radical (unpaired) electrons. The standard InChI is InChI=1S/C17H20BrNO3/c1-11-7-6-8-14(21-5)15(11)13-9-12(18)10-19(13)16(20)22-17(2,3)4/h6-10H,1-5H3. The first-order valence-corrected chi connectivity index (χ1v) is 7.77. The zero-order valence-electron chi connectivity index (χ0n) is 13.4. The number of benzene rings is 1. The minimum absolute atomic E-state index is 0.418. The Balaban J connectivity index is 2.57. The van der Waals surface area contributed by atoms with Gasteiger partial charge in [-0.05, 0) is 61.3 Å². The summed E-state index contributed by atoms with van der Waals surface area (Å²) >= 11 is 3.43. The van der Waals surface area contributed by atoms with E-state index in [0.717, 1.165) is 27.0 Å². The molecule has 0 aliphatic rings. The molecule has 0 N–H and O–H groups in total. The van der Waals surface area contributed by atoms with E-state index in [1.165, 1.54) is 4.57 Å². The van der Waals surface area contributed by atoms with Gasteiger partial charge in [0.2, 0.25) is 0 Å². The summed E-state index contributed by atoms with van der Waals surface area (Å²) < 4.78 is 13.2. The van der Waals surface area contributed by atoms with E-state index in [-0.39, 0.29) is 0 Å². The van der Waals surface area contributed by atoms with E-state index < -0.39 is 11.7 Å². The summed E-state index contributed by atoms with van der Waals surface area (Å²) in [6.45, 7) is 7.52. The Morgan fingerprint density at radius 2 is 1.95 bits per heavy atom. The maximum Gasteiger partial charge on any atom is 0.419 e. The lowest BCUT2D eigenvalue weighted by molar-refractivity contribution is 0.0540. The molecule has 0 aliphatic carbocycles. The number of aromatic nitrogens is 1. The first-order chi connectivity index (χ1) is 10.2. The molecule has 0 bridgehead atoms. The number of hydrogen-bond acceptors (Lipinski definition) is 3. The zero-order chi connectivity index (χ0) is 16.5. The van der Waals surface area contributed by atoms with Crippen molar-refractivity contribution < 1.29 is 14.3 Å². The smallest absolute Gasteiger partial charge is 0.419 e. The second kappa shape index (κ2) is 6.16. The van der Waals surface area contributed by atoms with E-state index in [1.807, 2.05) is 52.0 Å². The number of rotatable bonds is 2. The minimum atomic E-state index is -0.555. The van der Waals surface area contributed by atoms with Gasteiger partial charge in [-0.25, -0.2) is 4.79 Å². The highest BCUT2D eigenvalue weighted by Gasteiger charge is 2.22. The number of carbonyl (C=O) groups excluding carboxylic acids is 1. The van der Waals surface area contributed by atoms with Crippen LogP contribution < -0.4 is 4.74 Å². The van der Waals surface area contributed by atoms with Crippen molar-refractivity contribution in [2.45, 2.75) is 33.3 Å². The van der Waals surface area contributed by atoms with Crippen LogP contribution in [-0.2, 0) is 4.74 Å². The van der Waals surface area contributed by atoms with Crippen LogP contribution in [0.4, 0.5) is 4.79 Å². The molecule has 2 rings (SSSR count). The Labute approximate surface area is 139 Å². The van der Waals surface area contributed by atoms with Gasteiger partial charge in [0.15, 0.2) is 0 Å². The Hall–Kier alpha value is -1.75. The van der Waals surface area contributed by atoms with Crippen molar-refractivity contribution in [1.29, 1.82) is 0 Å². The normalized spacial score (nSPS) is 11.4. The third-order valence-electron chi connectivity index (χ3n) is 3.09. The van der Waals surface area contributed by atoms with Gasteiger partial charge in [-0.15, -0.1) is 0 Å². The fourth-order valence-electron chi connectivity index (χ4n) is 2.22. The molecule has 1 heterocycles. The van der Waals surface area contributed by atoms with Gasteiger partial charge in [-0.2, -0.15) is 0 Å². The van der Waals surface area contributed by atoms with Crippen molar-refractivity contribution in [3.63, 3.8) is 0 Å². The number of aryl methyl sites for hydroxylation is 1. The summed E-state index contributed by atoms with van der Waals surface area (Å²) in [7, 11) is 1.62. The number of methoxy groups -OCH3 is 1. The summed E-state index contributed by atoms with van der Waals surface area (Å²) in [5, 5.41) is 0. The third kappa shape index (κ3) is 3.53. The highest BCUT2D eigenvalue weighted by atomic mass is 79.9. The van der Waals surface area contributed by atoms with E-state index in [2.05, 4.69) is 15.9 Å². The quantitative estimate of drug-likeness (QED) is 0.750. The lowest BCUT2D eigenvalue weighted by atomic mass is 10.0. The van der Waals surface area contributed by atoms with Crippen LogP contribution in [0.1, 0.15) is 26.3 Å². The summed E-state index contributed by atoms with van der Waals surface area (Å²) in [6.07, 6.45) is 1.29. The van der Waals surface area contributed by atoms with Crippen molar-refractivity contribution in [2.75, 3.05) is 7.11 Å². The predicted octanol–water partition coefficient (Wildman–Crippen LogP) is 5.02. The molecule has 0 saturated carbocycles. The monoisotopic (exact) mass is 365 g/mol. The molecule has 1 aromatic carbocycles. The summed E-state index contributed by atoms with van der Waals surface area (Å²) in [4.78, 5) is 12.5. The maximum absolute atomic E-state index is 12.5. The van der Waals surface area contributed by atoms with Crippen LogP contribution in [-0.4, -0.2) is 23.4 Å². The largest absolute Gasteiger partial charge is 0.496 e. The molecule has 0 spiro atoms. The highest BCUT2D eigenvalue weighted by Crippen LogP contribution is 2.35. The Kier molecular flexibility index (Phi) is 4.66. The van der Waals surface area contributed by atoms with Crippen molar-refractivity contribution in [1.82, 2.24) is 4.57 Å². The number of halogens is 1. The molecule has 0 atom stereocenters. The van der Waals surface area contributed by atoms with Crippen LogP contribution in [0.5, 0.6) is 5.75 Å². The molecule has 118 valence electrons. The lowest BCUT2D eigenvalue weighted by Gasteiger charge is -2.21. The van der Waals surface area contributed by atoms with Crippen LogP contribution in [0.3, 0.4) is 0 Å². The van der Waals surface area contributed by atoms with Crippen molar-refractivity contribution in [2.24, 2.45) is 0 Å². The number of nitrogens with zero attached hydrogens (tertiary/aromatic N) is 1. The molecule has 22 heavy (non-hydrogen) atoms. The minimum Gasteiger partial charge on any atom is -0.496 e. The van der Waals surface area contributed by atoms with E-state index in [1.54, 1.807) is 13.3 Å². The summed E-state index contributed by atoms with van der Waals surface area (Å²) in [5.74, 6) is 0.718. The summed E-state index contributed by atoms with van der Waals surface area (Å²) in [6, 6.07) is 7.67. The maximum atomic E-state index is 12.5. The van der Waals surface area contributed by atoms with Crippen LogP contribution in [0, 0.1) is 6.92 Å². The van der Waals surface area contributed by atoms with Gasteiger partial charge in [0, 0.05) is 16.2 Å². The third-order valence-corrected chi connectivity index (χ3v) is 3.52. The van der Waals surface area contributed by atoms with E-state index in [0.29, 0.717) is 0 Å². The van der Waals surface area contributed by atoms with Gasteiger partial charge in [-0.3, -0.25) is 4.57 Å². The SMILES string of the molecule is COc1cccc(C)c1-c1cc(Br)cn1C(=O)OC(C)(C)C. The molecule has 1 aromatic heterocycles. The van der Waals surface area contributed by atoms with E-state index >= 15 is 0 Å². The molecule has 0 aliphatic heterocycles. The Morgan fingerprint density at radius 1 is 1.27 bits per heavy atom. The number of hydrogen-bond donors (Lipinski definition) is 0. The molecule has 0 saturated heterocycles. The van der Waals surface area contributed by atoms with Gasteiger partial charge >= 0.3 is 6.09 Å². The fourth-order valence-corrected chi connectivity index (χ4v) is 2.65. The molecular formula is C17H20BrNO3. The van der Waals surface area contributed by atoms with Crippen LogP contribution in [0.2, 0.25) is 0 Å². The number of ether oxygens (including phenoxy) is 2. The predicted molar refractivity (Wildman–Crippen MR) is 90.5 cm³/mol. The van der Waals surface area contributed by atoms with Gasteiger partial charge < -0.3 is 9.47 Å². The number of carbonyl (C=O) groups is 1. The zero-order valence-corrected chi connectivity index (χ0v) is 15.0. The Morgan fingerprint density at radius 3 is 2.55 bits per heavy atom. The second-order valence-electron chi connectivity index (χ2n) is 6.05. The van der Waals surface area contributed by atoms with Crippen molar-refractivity contribution in [3.8, 4) is 17.0 Å². The molecule has 0 amide bonds. The van der Waals surface area contributed by atoms with Gasteiger partial charge in [-0.1, -0.05) is 12.1 Å². The van der Waals surface area contributed by atoms with Gasteiger partial charge in [0.1, 0.15) is 11.4 Å². The van der Waals surface area contributed by atoms with Crippen LogP contribution in [0.25, 0.3) is 11.3 Å². The first-order valence-electron chi connectivity index (χ1n) is 6.98. The van der Waals surface area contributed by atoms with Gasteiger partial charge in [0.25, 0.3) is 0 Å². The average molecular weight is 366 g/mol. The average Bonchev–Trinajstić information content (AvgIpc) is 2.78. The van der Waals surface area contributed by atoms with Gasteiger partial charge in [0.05, 0.1) is 12.8 Å². The lowest BCUT2D eigenvalue weighted by Crippen LogP contribution is -2.27. The molecule has 5 heteroatoms. The molecule has 2 aromatic rings. The van der Waals surface area contributed by atoms with Crippen LogP contribution >= 0.6 is 15.9 Å². The van der Waals surface area contributed by atoms with Crippen molar-refractivity contribution >= 4 is 22.0 Å². The Bertz CT molecular complexity index is 698. The topological polar surface area (TPSA) is 40.5 Å². The van der Waals surface area contributed by atoms with E-state index in [4.69, 9.17) is 9.47 Å². The molecule has 4 nitrogen and oxygen atoms in total. The first kappa shape index (κ1) is 16.6.